The van der Waals surface area contributed by atoms with Gasteiger partial charge in [0.05, 0.1) is 0 Å². The van der Waals surface area contributed by atoms with Crippen molar-refractivity contribution in [3.63, 3.8) is 0 Å². The van der Waals surface area contributed by atoms with Gasteiger partial charge in [0.15, 0.2) is 0 Å². The maximum Gasteiger partial charge on any atom is 0.219 e. The molecule has 0 spiro atoms. The van der Waals surface area contributed by atoms with Gasteiger partial charge in [0.25, 0.3) is 0 Å². The molecule has 0 aromatic carbocycles. The SMILES string of the molecule is CC(C)CCCCNC(=O)CCCCC(N)=O. The molecule has 17 heavy (non-hydrogen) atoms. The Kier molecular flexibility index (Phi) is 9.49. The smallest absolute Gasteiger partial charge is 0.219 e. The van der Waals surface area contributed by atoms with E-state index in [1.807, 2.05) is 0 Å². The number of hydrogen-bond donors (Lipinski definition) is 2. The van der Waals surface area contributed by atoms with E-state index in [-0.39, 0.29) is 11.8 Å². The number of primary amides is 1. The number of amides is 2. The van der Waals surface area contributed by atoms with E-state index in [1.54, 1.807) is 0 Å². The highest BCUT2D eigenvalue weighted by atomic mass is 16.1. The number of rotatable bonds is 10. The highest BCUT2D eigenvalue weighted by molar-refractivity contribution is 5.76. The molecule has 100 valence electrons. The van der Waals surface area contributed by atoms with Crippen LogP contribution in [0.1, 0.15) is 58.8 Å². The van der Waals surface area contributed by atoms with Gasteiger partial charge in [0.2, 0.25) is 11.8 Å². The normalized spacial score (nSPS) is 10.5. The van der Waals surface area contributed by atoms with E-state index in [9.17, 15) is 9.59 Å². The molecule has 0 fully saturated rings. The zero-order valence-corrected chi connectivity index (χ0v) is 11.1. The van der Waals surface area contributed by atoms with Crippen molar-refractivity contribution in [2.75, 3.05) is 6.54 Å². The highest BCUT2D eigenvalue weighted by Gasteiger charge is 2.01. The molecular weight excluding hydrogens is 216 g/mol. The second-order valence-corrected chi connectivity index (χ2v) is 4.91. The third kappa shape index (κ3) is 12.9. The number of unbranched alkanes of at least 4 members (excludes halogenated alkanes) is 2. The molecule has 0 aliphatic carbocycles. The maximum atomic E-state index is 11.4. The van der Waals surface area contributed by atoms with E-state index in [1.165, 1.54) is 12.8 Å². The molecule has 4 heteroatoms. The number of hydrogen-bond acceptors (Lipinski definition) is 2. The molecule has 0 aliphatic rings. The summed E-state index contributed by atoms with van der Waals surface area (Å²) in [5, 5.41) is 2.89. The fourth-order valence-electron chi connectivity index (χ4n) is 1.58. The van der Waals surface area contributed by atoms with Crippen LogP contribution < -0.4 is 11.1 Å². The van der Waals surface area contributed by atoms with Gasteiger partial charge in [-0.3, -0.25) is 9.59 Å². The average molecular weight is 242 g/mol. The van der Waals surface area contributed by atoms with Gasteiger partial charge in [-0.1, -0.05) is 26.7 Å². The van der Waals surface area contributed by atoms with Crippen LogP contribution in [0.2, 0.25) is 0 Å². The summed E-state index contributed by atoms with van der Waals surface area (Å²) in [4.78, 5) is 21.8. The summed E-state index contributed by atoms with van der Waals surface area (Å²) in [6, 6.07) is 0. The standard InChI is InChI=1S/C13H26N2O2/c1-11(2)7-5-6-10-15-13(17)9-4-3-8-12(14)16/h11H,3-10H2,1-2H3,(H2,14,16)(H,15,17). The molecule has 0 saturated heterocycles. The molecule has 3 N–H and O–H groups in total. The van der Waals surface area contributed by atoms with Crippen LogP contribution in [-0.2, 0) is 9.59 Å². The summed E-state index contributed by atoms with van der Waals surface area (Å²) in [7, 11) is 0. The van der Waals surface area contributed by atoms with Crippen molar-refractivity contribution < 1.29 is 9.59 Å². The van der Waals surface area contributed by atoms with Crippen molar-refractivity contribution in [3.05, 3.63) is 0 Å². The minimum atomic E-state index is -0.293. The first-order chi connectivity index (χ1) is 8.02. The van der Waals surface area contributed by atoms with Gasteiger partial charge in [-0.25, -0.2) is 0 Å². The molecule has 0 atom stereocenters. The van der Waals surface area contributed by atoms with E-state index >= 15 is 0 Å². The largest absolute Gasteiger partial charge is 0.370 e. The summed E-state index contributed by atoms with van der Waals surface area (Å²) in [5.74, 6) is 0.526. The van der Waals surface area contributed by atoms with Crippen molar-refractivity contribution in [2.24, 2.45) is 11.7 Å². The predicted molar refractivity (Wildman–Crippen MR) is 69.4 cm³/mol. The zero-order chi connectivity index (χ0) is 13.1. The summed E-state index contributed by atoms with van der Waals surface area (Å²) in [6.45, 7) is 5.18. The first-order valence-corrected chi connectivity index (χ1v) is 6.57. The van der Waals surface area contributed by atoms with E-state index < -0.39 is 0 Å². The Morgan fingerprint density at radius 1 is 1.06 bits per heavy atom. The predicted octanol–water partition coefficient (Wildman–Crippen LogP) is 1.97. The molecule has 2 amide bonds. The van der Waals surface area contributed by atoms with Gasteiger partial charge < -0.3 is 11.1 Å². The molecule has 0 aromatic rings. The average Bonchev–Trinajstić information content (AvgIpc) is 2.23. The Morgan fingerprint density at radius 3 is 2.29 bits per heavy atom. The Labute approximate surface area is 104 Å². The lowest BCUT2D eigenvalue weighted by molar-refractivity contribution is -0.122. The van der Waals surface area contributed by atoms with Crippen molar-refractivity contribution in [3.8, 4) is 0 Å². The first kappa shape index (κ1) is 15.9. The van der Waals surface area contributed by atoms with Crippen LogP contribution >= 0.6 is 0 Å². The number of nitrogens with two attached hydrogens (primary N) is 1. The van der Waals surface area contributed by atoms with Gasteiger partial charge in [0, 0.05) is 19.4 Å². The number of carbonyl (C=O) groups is 2. The molecular formula is C13H26N2O2. The third-order valence-electron chi connectivity index (χ3n) is 2.61. The number of nitrogens with one attached hydrogen (secondary N) is 1. The van der Waals surface area contributed by atoms with Crippen LogP contribution in [0, 0.1) is 5.92 Å². The first-order valence-electron chi connectivity index (χ1n) is 6.57. The Hall–Kier alpha value is -1.06. The molecule has 0 aliphatic heterocycles. The second kappa shape index (κ2) is 10.1. The Morgan fingerprint density at radius 2 is 1.71 bits per heavy atom. The fraction of sp³-hybridized carbons (Fsp3) is 0.846. The lowest BCUT2D eigenvalue weighted by Crippen LogP contribution is -2.24. The van der Waals surface area contributed by atoms with Gasteiger partial charge >= 0.3 is 0 Å². The van der Waals surface area contributed by atoms with Crippen LogP contribution in [0.25, 0.3) is 0 Å². The van der Waals surface area contributed by atoms with Crippen LogP contribution in [0.15, 0.2) is 0 Å². The zero-order valence-electron chi connectivity index (χ0n) is 11.1. The minimum Gasteiger partial charge on any atom is -0.370 e. The summed E-state index contributed by atoms with van der Waals surface area (Å²) >= 11 is 0. The summed E-state index contributed by atoms with van der Waals surface area (Å²) in [5.41, 5.74) is 5.01. The third-order valence-corrected chi connectivity index (χ3v) is 2.61. The van der Waals surface area contributed by atoms with E-state index in [4.69, 9.17) is 5.73 Å². The van der Waals surface area contributed by atoms with Crippen molar-refractivity contribution in [1.29, 1.82) is 0 Å². The molecule has 0 aromatic heterocycles. The molecule has 0 heterocycles. The molecule has 0 unspecified atom stereocenters. The van der Waals surface area contributed by atoms with Gasteiger partial charge in [-0.15, -0.1) is 0 Å². The van der Waals surface area contributed by atoms with E-state index in [0.29, 0.717) is 19.3 Å². The van der Waals surface area contributed by atoms with Gasteiger partial charge in [0.1, 0.15) is 0 Å². The van der Waals surface area contributed by atoms with Gasteiger partial charge in [-0.2, -0.15) is 0 Å². The molecule has 0 radical (unpaired) electrons. The highest BCUT2D eigenvalue weighted by Crippen LogP contribution is 2.05. The minimum absolute atomic E-state index is 0.0824. The number of carbonyl (C=O) groups excluding carboxylic acids is 2. The Balaban J connectivity index is 3.26. The fourth-order valence-corrected chi connectivity index (χ4v) is 1.58. The second-order valence-electron chi connectivity index (χ2n) is 4.91. The van der Waals surface area contributed by atoms with Crippen molar-refractivity contribution in [1.82, 2.24) is 5.32 Å². The molecule has 0 rings (SSSR count). The maximum absolute atomic E-state index is 11.4. The monoisotopic (exact) mass is 242 g/mol. The van der Waals surface area contributed by atoms with Crippen molar-refractivity contribution >= 4 is 11.8 Å². The van der Waals surface area contributed by atoms with Crippen LogP contribution in [0.3, 0.4) is 0 Å². The summed E-state index contributed by atoms with van der Waals surface area (Å²) < 4.78 is 0. The van der Waals surface area contributed by atoms with Crippen LogP contribution in [-0.4, -0.2) is 18.4 Å². The quantitative estimate of drug-likeness (QED) is 0.575. The van der Waals surface area contributed by atoms with Crippen LogP contribution in [0.4, 0.5) is 0 Å². The van der Waals surface area contributed by atoms with Gasteiger partial charge in [-0.05, 0) is 25.2 Å². The molecule has 0 saturated carbocycles. The van der Waals surface area contributed by atoms with E-state index in [2.05, 4.69) is 19.2 Å². The Bertz CT molecular complexity index is 227. The van der Waals surface area contributed by atoms with Crippen LogP contribution in [0.5, 0.6) is 0 Å². The lowest BCUT2D eigenvalue weighted by Gasteiger charge is -2.06. The van der Waals surface area contributed by atoms with Crippen molar-refractivity contribution in [2.45, 2.75) is 58.8 Å². The topological polar surface area (TPSA) is 72.2 Å². The molecule has 4 nitrogen and oxygen atoms in total. The lowest BCUT2D eigenvalue weighted by atomic mass is 10.1. The molecule has 0 bridgehead atoms. The van der Waals surface area contributed by atoms with E-state index in [0.717, 1.165) is 25.3 Å². The summed E-state index contributed by atoms with van der Waals surface area (Å²) in [6.07, 6.45) is 5.75.